The van der Waals surface area contributed by atoms with Gasteiger partial charge in [-0.15, -0.1) is 0 Å². The monoisotopic (exact) mass is 215 g/mol. The van der Waals surface area contributed by atoms with Crippen LogP contribution < -0.4 is 11.1 Å². The third-order valence-electron chi connectivity index (χ3n) is 1.98. The van der Waals surface area contributed by atoms with E-state index in [0.29, 0.717) is 18.5 Å². The highest BCUT2D eigenvalue weighted by molar-refractivity contribution is 5.78. The molecule has 0 saturated heterocycles. The maximum Gasteiger partial charge on any atom is 0.188 e. The van der Waals surface area contributed by atoms with E-state index in [0.717, 1.165) is 19.4 Å². The molecule has 1 atom stereocenters. The molecule has 0 aliphatic heterocycles. The zero-order chi connectivity index (χ0) is 11.7. The van der Waals surface area contributed by atoms with Crippen LogP contribution in [0.5, 0.6) is 0 Å². The average Bonchev–Trinajstić information content (AvgIpc) is 2.15. The Morgan fingerprint density at radius 3 is 2.60 bits per heavy atom. The van der Waals surface area contributed by atoms with Crippen molar-refractivity contribution in [2.45, 2.75) is 39.7 Å². The van der Waals surface area contributed by atoms with Crippen molar-refractivity contribution >= 4 is 5.96 Å². The fraction of sp³-hybridized carbons (Fsp3) is 0.909. The number of aliphatic imine (C=N–C) groups is 1. The van der Waals surface area contributed by atoms with Gasteiger partial charge in [-0.3, -0.25) is 4.99 Å². The summed E-state index contributed by atoms with van der Waals surface area (Å²) in [6.07, 6.45) is 2.16. The SMILES string of the molecule is CCCC(COC)NC(N)=NCC(C)C. The summed E-state index contributed by atoms with van der Waals surface area (Å²) < 4.78 is 5.11. The molecule has 90 valence electrons. The van der Waals surface area contributed by atoms with E-state index in [1.165, 1.54) is 0 Å². The van der Waals surface area contributed by atoms with Crippen LogP contribution in [0.2, 0.25) is 0 Å². The molecule has 4 nitrogen and oxygen atoms in total. The first-order chi connectivity index (χ1) is 7.10. The van der Waals surface area contributed by atoms with Gasteiger partial charge in [-0.2, -0.15) is 0 Å². The minimum absolute atomic E-state index is 0.274. The predicted octanol–water partition coefficient (Wildman–Crippen LogP) is 1.36. The van der Waals surface area contributed by atoms with Crippen LogP contribution in [-0.2, 0) is 4.74 Å². The third kappa shape index (κ3) is 8.24. The maximum absolute atomic E-state index is 5.77. The first kappa shape index (κ1) is 14.2. The minimum Gasteiger partial charge on any atom is -0.383 e. The van der Waals surface area contributed by atoms with Crippen molar-refractivity contribution in [2.24, 2.45) is 16.6 Å². The van der Waals surface area contributed by atoms with Gasteiger partial charge in [-0.1, -0.05) is 27.2 Å². The Kier molecular flexibility index (Phi) is 8.09. The molecule has 0 spiro atoms. The highest BCUT2D eigenvalue weighted by Crippen LogP contribution is 1.97. The van der Waals surface area contributed by atoms with Gasteiger partial charge in [0.25, 0.3) is 0 Å². The number of guanidine groups is 1. The second-order valence-corrected chi connectivity index (χ2v) is 4.21. The number of nitrogens with one attached hydrogen (secondary N) is 1. The van der Waals surface area contributed by atoms with E-state index in [4.69, 9.17) is 10.5 Å². The Labute approximate surface area is 93.3 Å². The van der Waals surface area contributed by atoms with Crippen molar-refractivity contribution in [1.82, 2.24) is 5.32 Å². The molecule has 0 aromatic carbocycles. The van der Waals surface area contributed by atoms with Gasteiger partial charge in [0.05, 0.1) is 12.6 Å². The molecule has 1 unspecified atom stereocenters. The van der Waals surface area contributed by atoms with E-state index in [-0.39, 0.29) is 6.04 Å². The van der Waals surface area contributed by atoms with E-state index in [1.54, 1.807) is 7.11 Å². The quantitative estimate of drug-likeness (QED) is 0.498. The van der Waals surface area contributed by atoms with Gasteiger partial charge < -0.3 is 15.8 Å². The molecule has 0 amide bonds. The van der Waals surface area contributed by atoms with Crippen molar-refractivity contribution in [3.05, 3.63) is 0 Å². The van der Waals surface area contributed by atoms with E-state index in [2.05, 4.69) is 31.1 Å². The molecule has 0 fully saturated rings. The summed E-state index contributed by atoms with van der Waals surface area (Å²) in [7, 11) is 1.70. The van der Waals surface area contributed by atoms with Crippen LogP contribution in [-0.4, -0.2) is 32.3 Å². The molecule has 3 N–H and O–H groups in total. The summed E-state index contributed by atoms with van der Waals surface area (Å²) in [5.74, 6) is 1.07. The topological polar surface area (TPSA) is 59.6 Å². The average molecular weight is 215 g/mol. The Bertz CT molecular complexity index is 175. The molecule has 0 aliphatic rings. The molecular weight excluding hydrogens is 190 g/mol. The van der Waals surface area contributed by atoms with E-state index in [1.807, 2.05) is 0 Å². The number of methoxy groups -OCH3 is 1. The number of hydrogen-bond donors (Lipinski definition) is 2. The predicted molar refractivity (Wildman–Crippen MR) is 65.0 cm³/mol. The second-order valence-electron chi connectivity index (χ2n) is 4.21. The summed E-state index contributed by atoms with van der Waals surface area (Å²) in [5.41, 5.74) is 5.77. The molecule has 4 heteroatoms. The molecule has 0 heterocycles. The lowest BCUT2D eigenvalue weighted by molar-refractivity contribution is 0.169. The summed E-state index contributed by atoms with van der Waals surface area (Å²) in [6, 6.07) is 0.274. The van der Waals surface area contributed by atoms with Crippen LogP contribution in [0.1, 0.15) is 33.6 Å². The molecule has 15 heavy (non-hydrogen) atoms. The van der Waals surface area contributed by atoms with Crippen molar-refractivity contribution in [2.75, 3.05) is 20.3 Å². The van der Waals surface area contributed by atoms with Gasteiger partial charge in [0.15, 0.2) is 5.96 Å². The van der Waals surface area contributed by atoms with Crippen LogP contribution in [0.25, 0.3) is 0 Å². The highest BCUT2D eigenvalue weighted by Gasteiger charge is 2.07. The lowest BCUT2D eigenvalue weighted by Crippen LogP contribution is -2.42. The van der Waals surface area contributed by atoms with E-state index < -0.39 is 0 Å². The summed E-state index contributed by atoms with van der Waals surface area (Å²) >= 11 is 0. The van der Waals surface area contributed by atoms with Crippen molar-refractivity contribution in [3.63, 3.8) is 0 Å². The van der Waals surface area contributed by atoms with E-state index >= 15 is 0 Å². The molecule has 0 aliphatic carbocycles. The Morgan fingerprint density at radius 1 is 1.47 bits per heavy atom. The lowest BCUT2D eigenvalue weighted by atomic mass is 10.2. The summed E-state index contributed by atoms with van der Waals surface area (Å²) in [5, 5.41) is 3.18. The van der Waals surface area contributed by atoms with Crippen LogP contribution in [0.15, 0.2) is 4.99 Å². The van der Waals surface area contributed by atoms with E-state index in [9.17, 15) is 0 Å². The Morgan fingerprint density at radius 2 is 2.13 bits per heavy atom. The Balaban J connectivity index is 3.96. The fourth-order valence-electron chi connectivity index (χ4n) is 1.28. The summed E-state index contributed by atoms with van der Waals surface area (Å²) in [6.45, 7) is 7.83. The van der Waals surface area contributed by atoms with Crippen molar-refractivity contribution < 1.29 is 4.74 Å². The third-order valence-corrected chi connectivity index (χ3v) is 1.98. The van der Waals surface area contributed by atoms with Crippen LogP contribution in [0.4, 0.5) is 0 Å². The number of rotatable bonds is 7. The normalized spacial score (nSPS) is 14.3. The smallest absolute Gasteiger partial charge is 0.188 e. The van der Waals surface area contributed by atoms with Crippen molar-refractivity contribution in [3.8, 4) is 0 Å². The van der Waals surface area contributed by atoms with Crippen LogP contribution in [0.3, 0.4) is 0 Å². The number of nitrogens with zero attached hydrogens (tertiary/aromatic N) is 1. The zero-order valence-electron chi connectivity index (χ0n) is 10.4. The van der Waals surface area contributed by atoms with Gasteiger partial charge >= 0.3 is 0 Å². The molecule has 0 bridgehead atoms. The molecule has 0 aromatic rings. The van der Waals surface area contributed by atoms with Crippen LogP contribution >= 0.6 is 0 Å². The van der Waals surface area contributed by atoms with Gasteiger partial charge in [-0.05, 0) is 12.3 Å². The molecule has 0 saturated carbocycles. The molecular formula is C11H25N3O. The van der Waals surface area contributed by atoms with Gasteiger partial charge in [0.1, 0.15) is 0 Å². The number of ether oxygens (including phenoxy) is 1. The largest absolute Gasteiger partial charge is 0.383 e. The first-order valence-electron chi connectivity index (χ1n) is 5.65. The standard InChI is InChI=1S/C11H25N3O/c1-5-6-10(8-15-4)14-11(12)13-7-9(2)3/h9-10H,5-8H2,1-4H3,(H3,12,13,14). The van der Waals surface area contributed by atoms with Gasteiger partial charge in [-0.25, -0.2) is 0 Å². The lowest BCUT2D eigenvalue weighted by Gasteiger charge is -2.17. The second kappa shape index (κ2) is 8.53. The molecule has 0 radical (unpaired) electrons. The minimum atomic E-state index is 0.274. The highest BCUT2D eigenvalue weighted by atomic mass is 16.5. The zero-order valence-corrected chi connectivity index (χ0v) is 10.4. The van der Waals surface area contributed by atoms with Gasteiger partial charge in [0.2, 0.25) is 0 Å². The summed E-state index contributed by atoms with van der Waals surface area (Å²) in [4.78, 5) is 4.26. The number of hydrogen-bond acceptors (Lipinski definition) is 2. The first-order valence-corrected chi connectivity index (χ1v) is 5.65. The molecule has 0 aromatic heterocycles. The number of nitrogens with two attached hydrogens (primary N) is 1. The Hall–Kier alpha value is -0.770. The molecule has 0 rings (SSSR count). The maximum atomic E-state index is 5.77. The van der Waals surface area contributed by atoms with Crippen LogP contribution in [0, 0.1) is 5.92 Å². The van der Waals surface area contributed by atoms with Crippen molar-refractivity contribution in [1.29, 1.82) is 0 Å². The fourth-order valence-corrected chi connectivity index (χ4v) is 1.28. The van der Waals surface area contributed by atoms with Gasteiger partial charge in [0, 0.05) is 13.7 Å².